The molecule has 1 amide bonds. The molecular formula is C24H36F4N6O. The zero-order valence-electron chi connectivity index (χ0n) is 21.0. The highest BCUT2D eigenvalue weighted by Crippen LogP contribution is 2.14. The van der Waals surface area contributed by atoms with Gasteiger partial charge in [0.25, 0.3) is 0 Å². The van der Waals surface area contributed by atoms with Gasteiger partial charge in [-0.2, -0.15) is 13.2 Å². The topological polar surface area (TPSA) is 95.4 Å². The van der Waals surface area contributed by atoms with Gasteiger partial charge in [-0.3, -0.25) is 19.7 Å². The highest BCUT2D eigenvalue weighted by molar-refractivity contribution is 5.90. The van der Waals surface area contributed by atoms with Crippen LogP contribution in [0.15, 0.2) is 62.2 Å². The fourth-order valence-electron chi connectivity index (χ4n) is 2.48. The summed E-state index contributed by atoms with van der Waals surface area (Å²) in [4.78, 5) is 24.4. The van der Waals surface area contributed by atoms with E-state index < -0.39 is 18.8 Å². The Labute approximate surface area is 205 Å². The van der Waals surface area contributed by atoms with Crippen LogP contribution in [0, 0.1) is 0 Å². The SMILES string of the molecule is C=C(C)/C=C(/CN(CNC=NC(CF)=NC/C(C)=C/C=C(\C)CC(N)=O)C(C)C)N=CC(F)(F)F. The highest BCUT2D eigenvalue weighted by Gasteiger charge is 2.24. The van der Waals surface area contributed by atoms with Crippen LogP contribution in [0.5, 0.6) is 0 Å². The first-order valence-corrected chi connectivity index (χ1v) is 10.9. The number of nitrogens with zero attached hydrogens (tertiary/aromatic N) is 4. The second-order valence-electron chi connectivity index (χ2n) is 8.28. The number of nitrogens with one attached hydrogen (secondary N) is 1. The number of nitrogens with two attached hydrogens (primary N) is 1. The second-order valence-corrected chi connectivity index (χ2v) is 8.28. The molecule has 11 heteroatoms. The van der Waals surface area contributed by atoms with Crippen molar-refractivity contribution in [3.05, 3.63) is 47.2 Å². The molecule has 0 saturated carbocycles. The third-order valence-electron chi connectivity index (χ3n) is 4.22. The molecule has 0 aliphatic heterocycles. The number of hydrogen-bond acceptors (Lipinski definition) is 4. The van der Waals surface area contributed by atoms with Crippen LogP contribution in [0.1, 0.15) is 41.0 Å². The summed E-state index contributed by atoms with van der Waals surface area (Å²) in [5.74, 6) is -0.436. The lowest BCUT2D eigenvalue weighted by Gasteiger charge is -2.26. The molecule has 0 bridgehead atoms. The molecule has 0 spiro atoms. The summed E-state index contributed by atoms with van der Waals surface area (Å²) in [6.07, 6.45) is 1.90. The van der Waals surface area contributed by atoms with Gasteiger partial charge in [-0.05, 0) is 40.7 Å². The summed E-state index contributed by atoms with van der Waals surface area (Å²) in [5, 5.41) is 2.90. The number of hydrogen-bond donors (Lipinski definition) is 2. The molecule has 0 heterocycles. The van der Waals surface area contributed by atoms with Crippen molar-refractivity contribution < 1.29 is 22.4 Å². The smallest absolute Gasteiger partial charge is 0.369 e. The lowest BCUT2D eigenvalue weighted by Crippen LogP contribution is -2.39. The van der Waals surface area contributed by atoms with Gasteiger partial charge in [0, 0.05) is 19.0 Å². The lowest BCUT2D eigenvalue weighted by molar-refractivity contribution is -0.117. The maximum Gasteiger partial charge on any atom is 0.426 e. The van der Waals surface area contributed by atoms with E-state index in [1.54, 1.807) is 26.0 Å². The quantitative estimate of drug-likeness (QED) is 0.121. The largest absolute Gasteiger partial charge is 0.426 e. The first-order chi connectivity index (χ1) is 16.2. The maximum absolute atomic E-state index is 13.3. The number of halogens is 4. The van der Waals surface area contributed by atoms with E-state index >= 15 is 0 Å². The van der Waals surface area contributed by atoms with Crippen LogP contribution in [0.25, 0.3) is 0 Å². The van der Waals surface area contributed by atoms with Crippen LogP contribution in [-0.4, -0.2) is 67.8 Å². The van der Waals surface area contributed by atoms with Gasteiger partial charge in [-0.25, -0.2) is 9.38 Å². The molecule has 0 aromatic heterocycles. The first kappa shape index (κ1) is 31.9. The van der Waals surface area contributed by atoms with E-state index in [1.807, 2.05) is 25.7 Å². The number of carbonyl (C=O) groups is 1. The Kier molecular flexibility index (Phi) is 15.1. The Morgan fingerprint density at radius 3 is 2.29 bits per heavy atom. The minimum atomic E-state index is -4.52. The van der Waals surface area contributed by atoms with Crippen LogP contribution in [-0.2, 0) is 4.79 Å². The number of rotatable bonds is 14. The molecule has 0 aliphatic rings. The highest BCUT2D eigenvalue weighted by atomic mass is 19.4. The monoisotopic (exact) mass is 500 g/mol. The lowest BCUT2D eigenvalue weighted by atomic mass is 10.1. The van der Waals surface area contributed by atoms with Crippen molar-refractivity contribution in [2.24, 2.45) is 20.7 Å². The summed E-state index contributed by atoms with van der Waals surface area (Å²) >= 11 is 0. The number of amides is 1. The van der Waals surface area contributed by atoms with E-state index in [0.29, 0.717) is 5.57 Å². The fraction of sp³-hybridized carbons (Fsp3) is 0.500. The second kappa shape index (κ2) is 16.5. The van der Waals surface area contributed by atoms with Crippen LogP contribution >= 0.6 is 0 Å². The molecule has 0 radical (unpaired) electrons. The van der Waals surface area contributed by atoms with Crippen molar-refractivity contribution in [2.45, 2.75) is 53.3 Å². The van der Waals surface area contributed by atoms with E-state index in [4.69, 9.17) is 5.73 Å². The fourth-order valence-corrected chi connectivity index (χ4v) is 2.48. The number of alkyl halides is 4. The number of aliphatic imine (C=N–C) groups is 3. The van der Waals surface area contributed by atoms with Gasteiger partial charge in [0.1, 0.15) is 12.9 Å². The Balaban J connectivity index is 5.11. The average molecular weight is 501 g/mol. The van der Waals surface area contributed by atoms with Crippen molar-refractivity contribution in [3.8, 4) is 0 Å². The summed E-state index contributed by atoms with van der Waals surface area (Å²) in [7, 11) is 0. The molecule has 0 aromatic rings. The molecular weight excluding hydrogens is 464 g/mol. The summed E-state index contributed by atoms with van der Waals surface area (Å²) < 4.78 is 50.9. The van der Waals surface area contributed by atoms with E-state index in [1.165, 1.54) is 12.4 Å². The van der Waals surface area contributed by atoms with Gasteiger partial charge in [0.05, 0.1) is 25.2 Å². The molecule has 0 unspecified atom stereocenters. The van der Waals surface area contributed by atoms with Crippen molar-refractivity contribution in [3.63, 3.8) is 0 Å². The van der Waals surface area contributed by atoms with Crippen molar-refractivity contribution in [1.82, 2.24) is 10.2 Å². The molecule has 0 aliphatic carbocycles. The first-order valence-electron chi connectivity index (χ1n) is 10.9. The van der Waals surface area contributed by atoms with Gasteiger partial charge < -0.3 is 11.1 Å². The Bertz CT molecular complexity index is 883. The Hall–Kier alpha value is -3.08. The number of amidine groups is 1. The number of carbonyl (C=O) groups excluding carboxylic acids is 1. The molecule has 0 saturated heterocycles. The third-order valence-corrected chi connectivity index (χ3v) is 4.22. The van der Waals surface area contributed by atoms with E-state index in [2.05, 4.69) is 26.9 Å². The van der Waals surface area contributed by atoms with Gasteiger partial charge in [-0.1, -0.05) is 35.5 Å². The third kappa shape index (κ3) is 18.0. The molecule has 0 rings (SSSR count). The van der Waals surface area contributed by atoms with Gasteiger partial charge in [0.15, 0.2) is 5.84 Å². The minimum absolute atomic E-state index is 0.0168. The zero-order chi connectivity index (χ0) is 27.0. The number of allylic oxidation sites excluding steroid dienone is 4. The normalized spacial score (nSPS) is 14.6. The van der Waals surface area contributed by atoms with Gasteiger partial charge >= 0.3 is 6.18 Å². The number of primary amides is 1. The molecule has 3 N–H and O–H groups in total. The summed E-state index contributed by atoms with van der Waals surface area (Å²) in [5.41, 5.74) is 7.55. The molecule has 7 nitrogen and oxygen atoms in total. The van der Waals surface area contributed by atoms with Crippen molar-refractivity contribution in [2.75, 3.05) is 26.4 Å². The zero-order valence-corrected chi connectivity index (χ0v) is 21.0. The summed E-state index contributed by atoms with van der Waals surface area (Å²) in [6, 6.07) is -0.0290. The Morgan fingerprint density at radius 1 is 1.14 bits per heavy atom. The van der Waals surface area contributed by atoms with Crippen LogP contribution in [0.3, 0.4) is 0 Å². The predicted molar refractivity (Wildman–Crippen MR) is 135 cm³/mol. The van der Waals surface area contributed by atoms with Crippen molar-refractivity contribution in [1.29, 1.82) is 0 Å². The maximum atomic E-state index is 13.3. The predicted octanol–water partition coefficient (Wildman–Crippen LogP) is 4.50. The average Bonchev–Trinajstić information content (AvgIpc) is 2.72. The molecule has 35 heavy (non-hydrogen) atoms. The van der Waals surface area contributed by atoms with E-state index in [-0.39, 0.29) is 50.0 Å². The molecule has 196 valence electrons. The van der Waals surface area contributed by atoms with E-state index in [0.717, 1.165) is 11.1 Å². The Morgan fingerprint density at radius 2 is 1.77 bits per heavy atom. The molecule has 0 fully saturated rings. The molecule has 0 atom stereocenters. The summed E-state index contributed by atoms with van der Waals surface area (Å²) in [6.45, 7) is 12.4. The standard InChI is InChI=1S/C24H36F4N6O/c1-17(2)9-21(32-14-24(26,27)28)13-34(18(3)4)16-30-15-33-23(11-25)31-12-20(6)8-7-19(5)10-22(29)35/h7-9,14-15,18H,1,10-13,16H2,2-6H3,(H2,29,35)(H,30,31,33)/b19-7+,20-8+,21-9-,32-14?. The minimum Gasteiger partial charge on any atom is -0.369 e. The van der Waals surface area contributed by atoms with Crippen LogP contribution in [0.4, 0.5) is 17.6 Å². The molecule has 0 aromatic carbocycles. The van der Waals surface area contributed by atoms with E-state index in [9.17, 15) is 22.4 Å². The van der Waals surface area contributed by atoms with Gasteiger partial charge in [-0.15, -0.1) is 0 Å². The van der Waals surface area contributed by atoms with Crippen LogP contribution in [0.2, 0.25) is 0 Å². The van der Waals surface area contributed by atoms with Crippen LogP contribution < -0.4 is 11.1 Å². The van der Waals surface area contributed by atoms with Gasteiger partial charge in [0.2, 0.25) is 5.91 Å². The van der Waals surface area contributed by atoms with Crippen molar-refractivity contribution >= 4 is 24.3 Å².